The lowest BCUT2D eigenvalue weighted by molar-refractivity contribution is -0.384. The van der Waals surface area contributed by atoms with E-state index in [1.807, 2.05) is 6.92 Å². The van der Waals surface area contributed by atoms with Gasteiger partial charge in [-0.2, -0.15) is 0 Å². The zero-order valence-electron chi connectivity index (χ0n) is 9.04. The average Bonchev–Trinajstić information content (AvgIpc) is 2.77. The van der Waals surface area contributed by atoms with Gasteiger partial charge in [0.05, 0.1) is 4.92 Å². The van der Waals surface area contributed by atoms with Gasteiger partial charge < -0.3 is 4.42 Å². The molecule has 17 heavy (non-hydrogen) atoms. The van der Waals surface area contributed by atoms with E-state index in [0.717, 1.165) is 5.56 Å². The predicted molar refractivity (Wildman–Crippen MR) is 60.9 cm³/mol. The number of aryl methyl sites for hydroxylation is 1. The van der Waals surface area contributed by atoms with Gasteiger partial charge >= 0.3 is 0 Å². The van der Waals surface area contributed by atoms with Crippen molar-refractivity contribution >= 4 is 12.0 Å². The third-order valence-corrected chi connectivity index (χ3v) is 2.44. The zero-order chi connectivity index (χ0) is 12.4. The first-order chi connectivity index (χ1) is 8.11. The maximum atomic E-state index is 10.7. The Morgan fingerprint density at radius 2 is 2.06 bits per heavy atom. The van der Waals surface area contributed by atoms with Crippen molar-refractivity contribution in [3.8, 4) is 11.3 Å². The molecule has 1 heterocycles. The minimum Gasteiger partial charge on any atom is -0.453 e. The molecule has 0 bridgehead atoms. The van der Waals surface area contributed by atoms with E-state index in [1.165, 1.54) is 18.2 Å². The Balaban J connectivity index is 2.53. The summed E-state index contributed by atoms with van der Waals surface area (Å²) in [5, 5.41) is 10.7. The van der Waals surface area contributed by atoms with E-state index in [-0.39, 0.29) is 11.4 Å². The lowest BCUT2D eigenvalue weighted by Crippen LogP contribution is -1.89. The van der Waals surface area contributed by atoms with E-state index >= 15 is 0 Å². The number of nitro benzene ring substituents is 1. The molecule has 5 heteroatoms. The molecule has 0 saturated carbocycles. The van der Waals surface area contributed by atoms with Crippen molar-refractivity contribution < 1.29 is 14.1 Å². The van der Waals surface area contributed by atoms with E-state index in [2.05, 4.69) is 0 Å². The first-order valence-corrected chi connectivity index (χ1v) is 4.92. The van der Waals surface area contributed by atoms with Gasteiger partial charge in [-0.3, -0.25) is 14.9 Å². The lowest BCUT2D eigenvalue weighted by atomic mass is 10.1. The van der Waals surface area contributed by atoms with Crippen molar-refractivity contribution in [2.75, 3.05) is 0 Å². The van der Waals surface area contributed by atoms with E-state index < -0.39 is 4.92 Å². The Kier molecular flexibility index (Phi) is 2.74. The summed E-state index contributed by atoms with van der Waals surface area (Å²) in [4.78, 5) is 20.7. The summed E-state index contributed by atoms with van der Waals surface area (Å²) < 4.78 is 5.24. The molecule has 5 nitrogen and oxygen atoms in total. The summed E-state index contributed by atoms with van der Waals surface area (Å²) in [6.07, 6.45) is 0.593. The smallest absolute Gasteiger partial charge is 0.270 e. The third kappa shape index (κ3) is 2.08. The zero-order valence-corrected chi connectivity index (χ0v) is 9.04. The number of hydrogen-bond acceptors (Lipinski definition) is 4. The molecule has 0 saturated heterocycles. The van der Waals surface area contributed by atoms with Crippen LogP contribution in [0.5, 0.6) is 0 Å². The molecule has 0 N–H and O–H groups in total. The quantitative estimate of drug-likeness (QED) is 0.462. The molecule has 0 unspecified atom stereocenters. The Hall–Kier alpha value is -2.43. The molecule has 0 amide bonds. The van der Waals surface area contributed by atoms with Gasteiger partial charge in [0.2, 0.25) is 0 Å². The fourth-order valence-electron chi connectivity index (χ4n) is 1.55. The Labute approximate surface area is 96.8 Å². The number of nitrogens with zero attached hydrogens (tertiary/aromatic N) is 1. The summed E-state index contributed by atoms with van der Waals surface area (Å²) in [6, 6.07) is 7.66. The number of nitro groups is 1. The predicted octanol–water partition coefficient (Wildman–Crippen LogP) is 2.98. The summed E-state index contributed by atoms with van der Waals surface area (Å²) >= 11 is 0. The minimum atomic E-state index is -0.466. The van der Waals surface area contributed by atoms with Crippen molar-refractivity contribution in [1.82, 2.24) is 0 Å². The number of rotatable bonds is 3. The Morgan fingerprint density at radius 3 is 2.65 bits per heavy atom. The van der Waals surface area contributed by atoms with Gasteiger partial charge in [0.25, 0.3) is 5.69 Å². The third-order valence-electron chi connectivity index (χ3n) is 2.44. The molecule has 0 aliphatic heterocycles. The fourth-order valence-corrected chi connectivity index (χ4v) is 1.55. The van der Waals surface area contributed by atoms with Crippen molar-refractivity contribution in [3.05, 3.63) is 51.8 Å². The van der Waals surface area contributed by atoms with E-state index in [1.54, 1.807) is 12.1 Å². The van der Waals surface area contributed by atoms with Crippen molar-refractivity contribution in [1.29, 1.82) is 0 Å². The van der Waals surface area contributed by atoms with Crippen LogP contribution in [-0.2, 0) is 0 Å². The van der Waals surface area contributed by atoms with Gasteiger partial charge in [-0.1, -0.05) is 6.07 Å². The SMILES string of the molecule is Cc1ccc([N+](=O)[O-])cc1-c1ccc(C=O)o1. The molecule has 2 rings (SSSR count). The van der Waals surface area contributed by atoms with Gasteiger partial charge in [-0.15, -0.1) is 0 Å². The van der Waals surface area contributed by atoms with Crippen LogP contribution in [0.25, 0.3) is 11.3 Å². The molecular formula is C12H9NO4. The van der Waals surface area contributed by atoms with Crippen LogP contribution in [0.2, 0.25) is 0 Å². The highest BCUT2D eigenvalue weighted by molar-refractivity contribution is 5.74. The molecule has 1 aromatic heterocycles. The second-order valence-electron chi connectivity index (χ2n) is 3.58. The minimum absolute atomic E-state index is 0.00495. The van der Waals surface area contributed by atoms with Crippen molar-refractivity contribution in [2.45, 2.75) is 6.92 Å². The molecule has 2 aromatic rings. The number of non-ortho nitro benzene ring substituents is 1. The van der Waals surface area contributed by atoms with E-state index in [4.69, 9.17) is 4.42 Å². The molecule has 86 valence electrons. The largest absolute Gasteiger partial charge is 0.453 e. The number of aldehydes is 1. The van der Waals surface area contributed by atoms with Gasteiger partial charge in [0, 0.05) is 17.7 Å². The summed E-state index contributed by atoms with van der Waals surface area (Å²) in [5.74, 6) is 0.652. The van der Waals surface area contributed by atoms with Crippen LogP contribution in [-0.4, -0.2) is 11.2 Å². The van der Waals surface area contributed by atoms with Crippen LogP contribution in [0, 0.1) is 17.0 Å². The normalized spacial score (nSPS) is 10.2. The van der Waals surface area contributed by atoms with Gasteiger partial charge in [0.15, 0.2) is 12.0 Å². The van der Waals surface area contributed by atoms with Crippen molar-refractivity contribution in [3.63, 3.8) is 0 Å². The van der Waals surface area contributed by atoms with Gasteiger partial charge in [-0.05, 0) is 24.6 Å². The summed E-state index contributed by atoms with van der Waals surface area (Å²) in [6.45, 7) is 1.82. The topological polar surface area (TPSA) is 73.3 Å². The Morgan fingerprint density at radius 1 is 1.29 bits per heavy atom. The molecule has 1 aromatic carbocycles. The molecule has 0 aliphatic rings. The average molecular weight is 231 g/mol. The monoisotopic (exact) mass is 231 g/mol. The van der Waals surface area contributed by atoms with Crippen LogP contribution in [0.1, 0.15) is 16.1 Å². The summed E-state index contributed by atoms with van der Waals surface area (Å²) in [5.41, 5.74) is 1.46. The standard InChI is InChI=1S/C12H9NO4/c1-8-2-3-9(13(15)16)6-11(8)12-5-4-10(7-14)17-12/h2-7H,1H3. The number of carbonyl (C=O) groups excluding carboxylic acids is 1. The number of hydrogen-bond donors (Lipinski definition) is 0. The van der Waals surface area contributed by atoms with Gasteiger partial charge in [-0.25, -0.2) is 0 Å². The van der Waals surface area contributed by atoms with Crippen LogP contribution in [0.15, 0.2) is 34.7 Å². The number of furan rings is 1. The van der Waals surface area contributed by atoms with Gasteiger partial charge in [0.1, 0.15) is 5.76 Å². The van der Waals surface area contributed by atoms with Crippen molar-refractivity contribution in [2.24, 2.45) is 0 Å². The Bertz CT molecular complexity index is 586. The van der Waals surface area contributed by atoms with Crippen LogP contribution < -0.4 is 0 Å². The van der Waals surface area contributed by atoms with Crippen LogP contribution in [0.4, 0.5) is 5.69 Å². The molecular weight excluding hydrogens is 222 g/mol. The maximum Gasteiger partial charge on any atom is 0.270 e. The summed E-state index contributed by atoms with van der Waals surface area (Å²) in [7, 11) is 0. The highest BCUT2D eigenvalue weighted by Gasteiger charge is 2.12. The van der Waals surface area contributed by atoms with Crippen LogP contribution in [0.3, 0.4) is 0 Å². The second kappa shape index (κ2) is 4.21. The van der Waals surface area contributed by atoms with E-state index in [0.29, 0.717) is 17.6 Å². The van der Waals surface area contributed by atoms with Crippen LogP contribution >= 0.6 is 0 Å². The maximum absolute atomic E-state index is 10.7. The first-order valence-electron chi connectivity index (χ1n) is 4.92. The molecule has 0 radical (unpaired) electrons. The molecule has 0 atom stereocenters. The first kappa shape index (κ1) is 11.1. The molecule has 0 aliphatic carbocycles. The highest BCUT2D eigenvalue weighted by Crippen LogP contribution is 2.28. The molecule has 0 fully saturated rings. The number of carbonyl (C=O) groups is 1. The fraction of sp³-hybridized carbons (Fsp3) is 0.0833. The van der Waals surface area contributed by atoms with E-state index in [9.17, 15) is 14.9 Å². The lowest BCUT2D eigenvalue weighted by Gasteiger charge is -2.01. The molecule has 0 spiro atoms. The highest BCUT2D eigenvalue weighted by atomic mass is 16.6. The second-order valence-corrected chi connectivity index (χ2v) is 3.58. The number of benzene rings is 1.